The summed E-state index contributed by atoms with van der Waals surface area (Å²) in [6, 6.07) is 7.67. The molecule has 33 heavy (non-hydrogen) atoms. The molecule has 0 aromatic heterocycles. The molecule has 1 aromatic rings. The van der Waals surface area contributed by atoms with Crippen LogP contribution >= 0.6 is 0 Å². The summed E-state index contributed by atoms with van der Waals surface area (Å²) in [4.78, 5) is 28.0. The van der Waals surface area contributed by atoms with Crippen molar-refractivity contribution in [2.75, 3.05) is 19.5 Å². The van der Waals surface area contributed by atoms with E-state index < -0.39 is 0 Å². The first-order chi connectivity index (χ1) is 15.7. The van der Waals surface area contributed by atoms with Gasteiger partial charge in [-0.15, -0.1) is 0 Å². The second-order valence-electron chi connectivity index (χ2n) is 11.4. The molecule has 1 unspecified atom stereocenters. The van der Waals surface area contributed by atoms with Crippen molar-refractivity contribution in [1.29, 1.82) is 0 Å². The average molecular weight is 451 g/mol. The molecule has 0 spiro atoms. The van der Waals surface area contributed by atoms with Gasteiger partial charge in [-0.3, -0.25) is 9.59 Å². The van der Waals surface area contributed by atoms with E-state index in [0.29, 0.717) is 29.9 Å². The van der Waals surface area contributed by atoms with Crippen molar-refractivity contribution in [3.63, 3.8) is 0 Å². The number of para-hydroxylation sites is 2. The minimum absolute atomic E-state index is 0.0256. The van der Waals surface area contributed by atoms with Crippen molar-refractivity contribution in [1.82, 2.24) is 4.90 Å². The Morgan fingerprint density at radius 3 is 2.64 bits per heavy atom. The number of anilines is 1. The SMILES string of the molecule is COc1ccccc1NC(=O)C1CC[C@H]2[C@@H]3CC(C)=C4N(C)C(=O)CC[C@]4(C)[C@@H]3CC[C@]12C. The van der Waals surface area contributed by atoms with Crippen LogP contribution in [0.1, 0.15) is 65.7 Å². The van der Waals surface area contributed by atoms with Gasteiger partial charge in [0.15, 0.2) is 0 Å². The predicted octanol–water partition coefficient (Wildman–Crippen LogP) is 5.63. The standard InChI is InChI=1S/C28H38N2O3/c1-17-16-18-19-10-11-21(26(32)29-22-8-6-7-9-23(22)33-5)27(19,2)14-12-20(18)28(3)15-13-24(31)30(4)25(17)28/h6-9,18-21H,10-16H2,1-5H3,(H,29,32)/t18-,19-,20+,21?,27-,28+/m0/s1. The van der Waals surface area contributed by atoms with Gasteiger partial charge in [-0.2, -0.15) is 0 Å². The van der Waals surface area contributed by atoms with Gasteiger partial charge in [-0.1, -0.05) is 31.6 Å². The third kappa shape index (κ3) is 3.25. The van der Waals surface area contributed by atoms with Gasteiger partial charge in [0, 0.05) is 30.5 Å². The maximum Gasteiger partial charge on any atom is 0.228 e. The van der Waals surface area contributed by atoms with E-state index >= 15 is 0 Å². The Kier molecular flexibility index (Phi) is 5.37. The molecule has 1 aromatic carbocycles. The van der Waals surface area contributed by atoms with Gasteiger partial charge in [-0.25, -0.2) is 0 Å². The van der Waals surface area contributed by atoms with E-state index in [2.05, 4.69) is 26.1 Å². The van der Waals surface area contributed by atoms with Gasteiger partial charge in [0.2, 0.25) is 11.8 Å². The van der Waals surface area contributed by atoms with E-state index in [4.69, 9.17) is 4.74 Å². The van der Waals surface area contributed by atoms with Crippen LogP contribution in [0.2, 0.25) is 0 Å². The molecule has 3 fully saturated rings. The first-order valence-electron chi connectivity index (χ1n) is 12.6. The summed E-state index contributed by atoms with van der Waals surface area (Å²) in [6.07, 6.45) is 6.98. The molecule has 0 bridgehead atoms. The van der Waals surface area contributed by atoms with Gasteiger partial charge in [-0.05, 0) is 80.8 Å². The number of hydrogen-bond acceptors (Lipinski definition) is 3. The second kappa shape index (κ2) is 7.89. The number of allylic oxidation sites excluding steroid dienone is 2. The van der Waals surface area contributed by atoms with Crippen LogP contribution in [0.3, 0.4) is 0 Å². The van der Waals surface area contributed by atoms with Crippen molar-refractivity contribution in [2.45, 2.75) is 65.7 Å². The number of amides is 2. The van der Waals surface area contributed by atoms with Crippen molar-refractivity contribution in [3.05, 3.63) is 35.5 Å². The van der Waals surface area contributed by atoms with Crippen LogP contribution in [0.4, 0.5) is 5.69 Å². The van der Waals surface area contributed by atoms with Gasteiger partial charge in [0.25, 0.3) is 0 Å². The zero-order valence-corrected chi connectivity index (χ0v) is 20.7. The summed E-state index contributed by atoms with van der Waals surface area (Å²) in [6.45, 7) is 7.03. The molecule has 1 heterocycles. The largest absolute Gasteiger partial charge is 0.495 e. The van der Waals surface area contributed by atoms with Crippen LogP contribution in [0.5, 0.6) is 5.75 Å². The van der Waals surface area contributed by atoms with E-state index in [1.54, 1.807) is 7.11 Å². The molecule has 1 aliphatic heterocycles. The summed E-state index contributed by atoms with van der Waals surface area (Å²) in [5.74, 6) is 2.89. The Morgan fingerprint density at radius 1 is 1.12 bits per heavy atom. The minimum Gasteiger partial charge on any atom is -0.495 e. The van der Waals surface area contributed by atoms with Gasteiger partial charge in [0.05, 0.1) is 12.8 Å². The number of methoxy groups -OCH3 is 1. The van der Waals surface area contributed by atoms with Crippen LogP contribution in [0.15, 0.2) is 35.5 Å². The molecule has 178 valence electrons. The third-order valence-corrected chi connectivity index (χ3v) is 9.99. The topological polar surface area (TPSA) is 58.6 Å². The fraction of sp³-hybridized carbons (Fsp3) is 0.643. The average Bonchev–Trinajstić information content (AvgIpc) is 3.14. The molecule has 2 amide bonds. The first-order valence-corrected chi connectivity index (χ1v) is 12.6. The Balaban J connectivity index is 1.42. The molecule has 6 atom stereocenters. The highest BCUT2D eigenvalue weighted by Gasteiger charge is 2.61. The van der Waals surface area contributed by atoms with E-state index in [0.717, 1.165) is 44.2 Å². The number of ether oxygens (including phenoxy) is 1. The van der Waals surface area contributed by atoms with Crippen LogP contribution in [0.25, 0.3) is 0 Å². The van der Waals surface area contributed by atoms with Crippen molar-refractivity contribution < 1.29 is 14.3 Å². The lowest BCUT2D eigenvalue weighted by Crippen LogP contribution is -2.54. The minimum atomic E-state index is 0.0256. The van der Waals surface area contributed by atoms with E-state index in [-0.39, 0.29) is 28.6 Å². The molecular formula is C28H38N2O3. The molecule has 5 rings (SSSR count). The molecule has 1 N–H and O–H groups in total. The number of carbonyl (C=O) groups excluding carboxylic acids is 2. The maximum atomic E-state index is 13.5. The number of hydrogen-bond donors (Lipinski definition) is 1. The monoisotopic (exact) mass is 450 g/mol. The van der Waals surface area contributed by atoms with Crippen molar-refractivity contribution in [2.24, 2.45) is 34.5 Å². The molecule has 5 heteroatoms. The lowest BCUT2D eigenvalue weighted by Gasteiger charge is -2.59. The highest BCUT2D eigenvalue weighted by molar-refractivity contribution is 5.94. The number of piperidine rings is 1. The third-order valence-electron chi connectivity index (χ3n) is 9.99. The smallest absolute Gasteiger partial charge is 0.228 e. The number of rotatable bonds is 3. The van der Waals surface area contributed by atoms with Crippen LogP contribution in [0, 0.1) is 34.5 Å². The van der Waals surface area contributed by atoms with Crippen LogP contribution in [-0.2, 0) is 9.59 Å². The molecule has 1 saturated heterocycles. The number of fused-ring (bicyclic) bond motifs is 5. The van der Waals surface area contributed by atoms with Gasteiger partial charge in [0.1, 0.15) is 5.75 Å². The number of nitrogens with one attached hydrogen (secondary N) is 1. The zero-order valence-electron chi connectivity index (χ0n) is 20.7. The molecular weight excluding hydrogens is 412 g/mol. The van der Waals surface area contributed by atoms with E-state index in [1.165, 1.54) is 11.3 Å². The Hall–Kier alpha value is -2.30. The summed E-state index contributed by atoms with van der Waals surface area (Å²) < 4.78 is 5.45. The predicted molar refractivity (Wildman–Crippen MR) is 130 cm³/mol. The maximum absolute atomic E-state index is 13.5. The molecule has 3 aliphatic carbocycles. The van der Waals surface area contributed by atoms with Crippen molar-refractivity contribution in [3.8, 4) is 5.75 Å². The van der Waals surface area contributed by atoms with Crippen LogP contribution in [-0.4, -0.2) is 30.9 Å². The number of benzene rings is 1. The summed E-state index contributed by atoms with van der Waals surface area (Å²) >= 11 is 0. The number of carbonyl (C=O) groups is 2. The first kappa shape index (κ1) is 22.5. The zero-order chi connectivity index (χ0) is 23.5. The Bertz CT molecular complexity index is 1020. The van der Waals surface area contributed by atoms with Crippen LogP contribution < -0.4 is 10.1 Å². The van der Waals surface area contributed by atoms with Gasteiger partial charge >= 0.3 is 0 Å². The highest BCUT2D eigenvalue weighted by Crippen LogP contribution is 2.66. The molecule has 0 radical (unpaired) electrons. The Labute approximate surface area is 197 Å². The lowest BCUT2D eigenvalue weighted by atomic mass is 9.48. The van der Waals surface area contributed by atoms with Crippen molar-refractivity contribution >= 4 is 17.5 Å². The normalized spacial score (nSPS) is 37.8. The summed E-state index contributed by atoms with van der Waals surface area (Å²) in [7, 11) is 3.61. The van der Waals surface area contributed by atoms with Gasteiger partial charge < -0.3 is 15.0 Å². The summed E-state index contributed by atoms with van der Waals surface area (Å²) in [5.41, 5.74) is 3.55. The highest BCUT2D eigenvalue weighted by atomic mass is 16.5. The Morgan fingerprint density at radius 2 is 1.88 bits per heavy atom. The molecule has 2 saturated carbocycles. The van der Waals surface area contributed by atoms with E-state index in [9.17, 15) is 9.59 Å². The molecule has 5 nitrogen and oxygen atoms in total. The summed E-state index contributed by atoms with van der Waals surface area (Å²) in [5, 5.41) is 3.19. The lowest BCUT2D eigenvalue weighted by molar-refractivity contribution is -0.137. The number of nitrogens with zero attached hydrogens (tertiary/aromatic N) is 1. The quantitative estimate of drug-likeness (QED) is 0.649. The fourth-order valence-electron chi connectivity index (χ4n) is 8.51. The molecule has 4 aliphatic rings. The fourth-order valence-corrected chi connectivity index (χ4v) is 8.51. The number of likely N-dealkylation sites (tertiary alicyclic amines) is 1. The second-order valence-corrected chi connectivity index (χ2v) is 11.4. The van der Waals surface area contributed by atoms with E-state index in [1.807, 2.05) is 36.2 Å².